The van der Waals surface area contributed by atoms with Crippen molar-refractivity contribution in [2.75, 3.05) is 90.8 Å². The number of nitrogens with two attached hydrogens (primary N) is 3. The van der Waals surface area contributed by atoms with Gasteiger partial charge in [-0.3, -0.25) is 57.4 Å². The maximum Gasteiger partial charge on any atom is 0.276 e. The Morgan fingerprint density at radius 3 is 0.906 bits per heavy atom. The van der Waals surface area contributed by atoms with Crippen LogP contribution in [-0.4, -0.2) is 153 Å². The molecule has 12 heterocycles. The van der Waals surface area contributed by atoms with Gasteiger partial charge in [-0.1, -0.05) is 189 Å². The Kier molecular flexibility index (Phi) is 30.9. The summed E-state index contributed by atoms with van der Waals surface area (Å²) in [6.45, 7) is 36.0. The number of hydrogen-bond acceptors (Lipinski definition) is 21. The highest BCUT2D eigenvalue weighted by Crippen LogP contribution is 2.52. The number of pyridine rings is 9. The van der Waals surface area contributed by atoms with Crippen molar-refractivity contribution >= 4 is 213 Å². The minimum Gasteiger partial charge on any atom is -0.396 e. The largest absolute Gasteiger partial charge is 0.396 e. The number of aryl methyl sites for hydroxylation is 3. The number of fused-ring (bicyclic) bond motifs is 3. The molecule has 27 nitrogen and oxygen atoms in total. The summed E-state index contributed by atoms with van der Waals surface area (Å²) in [5.41, 5.74) is 19.3. The van der Waals surface area contributed by atoms with Gasteiger partial charge in [0.2, 0.25) is 17.7 Å². The third-order valence-electron chi connectivity index (χ3n) is 24.1. The van der Waals surface area contributed by atoms with Crippen molar-refractivity contribution in [1.82, 2.24) is 58.3 Å². The number of anilines is 6. The maximum absolute atomic E-state index is 14.9. The van der Waals surface area contributed by atoms with E-state index in [-0.39, 0.29) is 199 Å². The Morgan fingerprint density at radius 2 is 0.659 bits per heavy atom. The van der Waals surface area contributed by atoms with E-state index in [1.807, 2.05) is 83.9 Å². The number of amides is 3. The molecule has 3 saturated heterocycles. The van der Waals surface area contributed by atoms with Crippen molar-refractivity contribution in [2.45, 2.75) is 119 Å². The SMILES string of the molecule is C=CC(=O)N1CCN(c2c(C#N)c(=O)n(-c3c(C)ccnc3C(C)C)c3nc(-c4c(Cl)c(N)c(Cl)c(Cl)c4Cl)c(Cl)cc23)C[C@H]1C.C=CC(=O)N1CCN(c2c(C#N)c(=O)n(-c3c(C)ccnc3C(C)C)c3nc(-c4c(Cl)c(N)c(F)c(F)c4Cl)c(Cl)cc23)C[C@H]1C.C=CC(=O)N1CCN(c2c(C#N)c(=O)n(-c3c(C)ccnc3C(C)C)c3nc(-c4c(Cl)c(N)c(F)c(F)c4Cl)c(Cl)cc23)C[C@H]1C. The first-order valence-electron chi connectivity index (χ1n) is 42.6. The Bertz CT molecular complexity index is 6780. The highest BCUT2D eigenvalue weighted by molar-refractivity contribution is 6.53. The van der Waals surface area contributed by atoms with Gasteiger partial charge in [-0.15, -0.1) is 0 Å². The van der Waals surface area contributed by atoms with Gasteiger partial charge >= 0.3 is 0 Å². The number of piperazine rings is 3. The van der Waals surface area contributed by atoms with Crippen LogP contribution in [0.4, 0.5) is 51.7 Å². The minimum absolute atomic E-state index is 0.0188. The summed E-state index contributed by atoms with van der Waals surface area (Å²) in [5, 5.41) is 30.0. The average molecular weight is 2090 g/mol. The smallest absolute Gasteiger partial charge is 0.276 e. The normalized spacial score (nSPS) is 15.0. The van der Waals surface area contributed by atoms with Crippen LogP contribution < -0.4 is 48.6 Å². The maximum atomic E-state index is 14.9. The van der Waals surface area contributed by atoms with E-state index < -0.39 is 71.4 Å². The van der Waals surface area contributed by atoms with Gasteiger partial charge < -0.3 is 46.6 Å². The zero-order chi connectivity index (χ0) is 101. The van der Waals surface area contributed by atoms with Crippen LogP contribution in [0.3, 0.4) is 0 Å². The van der Waals surface area contributed by atoms with Gasteiger partial charge in [0.25, 0.3) is 16.7 Å². The first kappa shape index (κ1) is 103. The monoisotopic (exact) mass is 2090 g/mol. The molecule has 3 fully saturated rings. The Labute approximate surface area is 843 Å². The number of aromatic nitrogens is 9. The second-order valence-corrected chi connectivity index (χ2v) is 38.0. The van der Waals surface area contributed by atoms with Crippen LogP contribution in [0.5, 0.6) is 0 Å². The molecular weight excluding hydrogens is 2010 g/mol. The molecule has 0 aliphatic carbocycles. The summed E-state index contributed by atoms with van der Waals surface area (Å²) >= 11 is 71.8. The van der Waals surface area contributed by atoms with E-state index in [2.05, 4.69) is 52.9 Å². The van der Waals surface area contributed by atoms with Gasteiger partial charge in [0.1, 0.15) is 51.8 Å². The number of nitrogens with zero attached hydrogens (tertiary/aromatic N) is 18. The Balaban J connectivity index is 0.000000175. The zero-order valence-electron chi connectivity index (χ0n) is 75.8. The summed E-state index contributed by atoms with van der Waals surface area (Å²) in [6, 6.07) is 15.2. The number of carbonyl (C=O) groups is 3. The molecule has 714 valence electrons. The molecule has 3 aliphatic heterocycles. The quantitative estimate of drug-likeness (QED) is 0.0282. The number of benzene rings is 3. The summed E-state index contributed by atoms with van der Waals surface area (Å²) in [5.74, 6) is -6.82. The molecular formula is C96H84Cl11F4N21O6. The highest BCUT2D eigenvalue weighted by atomic mass is 35.5. The molecule has 3 aliphatic rings. The van der Waals surface area contributed by atoms with Crippen LogP contribution in [0.1, 0.15) is 131 Å². The molecule has 15 rings (SSSR count). The van der Waals surface area contributed by atoms with Crippen molar-refractivity contribution in [3.8, 4) is 69.0 Å². The van der Waals surface area contributed by atoms with Crippen molar-refractivity contribution < 1.29 is 31.9 Å². The highest BCUT2D eigenvalue weighted by Gasteiger charge is 2.40. The number of rotatable bonds is 15. The third kappa shape index (κ3) is 18.2. The molecule has 0 bridgehead atoms. The average Bonchev–Trinajstić information content (AvgIpc) is 0.726. The van der Waals surface area contributed by atoms with Crippen LogP contribution in [-0.2, 0) is 14.4 Å². The lowest BCUT2D eigenvalue weighted by Crippen LogP contribution is -2.54. The number of halogens is 15. The predicted molar refractivity (Wildman–Crippen MR) is 541 cm³/mol. The number of hydrogen-bond donors (Lipinski definition) is 3. The van der Waals surface area contributed by atoms with Crippen LogP contribution in [0.25, 0.3) is 83.9 Å². The fourth-order valence-corrected chi connectivity index (χ4v) is 20.5. The number of nitrogen functional groups attached to an aromatic ring is 3. The first-order chi connectivity index (χ1) is 65.2. The van der Waals surface area contributed by atoms with Crippen molar-refractivity contribution in [1.29, 1.82) is 15.8 Å². The van der Waals surface area contributed by atoms with Crippen LogP contribution in [0.15, 0.2) is 107 Å². The van der Waals surface area contributed by atoms with Crippen molar-refractivity contribution in [3.63, 3.8) is 0 Å². The molecule has 3 aromatic carbocycles. The molecule has 3 atom stereocenters. The number of nitriles is 3. The summed E-state index contributed by atoms with van der Waals surface area (Å²) in [7, 11) is 0. The van der Waals surface area contributed by atoms with Crippen molar-refractivity contribution in [3.05, 3.63) is 253 Å². The van der Waals surface area contributed by atoms with Crippen LogP contribution in [0.2, 0.25) is 55.2 Å². The summed E-state index contributed by atoms with van der Waals surface area (Å²) in [4.78, 5) is 119. The molecule has 0 radical (unpaired) electrons. The van der Waals surface area contributed by atoms with E-state index in [1.165, 1.54) is 44.1 Å². The molecule has 0 saturated carbocycles. The lowest BCUT2D eigenvalue weighted by atomic mass is 10.0. The molecule has 6 N–H and O–H groups in total. The predicted octanol–water partition coefficient (Wildman–Crippen LogP) is 21.4. The van der Waals surface area contributed by atoms with E-state index in [1.54, 1.807) is 71.4 Å². The van der Waals surface area contributed by atoms with Crippen LogP contribution in [0, 0.1) is 78.0 Å². The Morgan fingerprint density at radius 1 is 0.399 bits per heavy atom. The van der Waals surface area contributed by atoms with Crippen LogP contribution >= 0.6 is 128 Å². The summed E-state index contributed by atoms with van der Waals surface area (Å²) < 4.78 is 62.6. The third-order valence-corrected chi connectivity index (χ3v) is 28.2. The van der Waals surface area contributed by atoms with Gasteiger partial charge in [0.15, 0.2) is 23.3 Å². The fourth-order valence-electron chi connectivity index (χ4n) is 17.5. The lowest BCUT2D eigenvalue weighted by Gasteiger charge is -2.41. The lowest BCUT2D eigenvalue weighted by molar-refractivity contribution is -0.129. The molecule has 12 aromatic rings. The van der Waals surface area contributed by atoms with E-state index in [0.717, 1.165) is 5.56 Å². The minimum atomic E-state index is -1.44. The van der Waals surface area contributed by atoms with Gasteiger partial charge in [-0.25, -0.2) is 32.5 Å². The number of carbonyl (C=O) groups excluding carboxylic acids is 3. The molecule has 3 amide bonds. The van der Waals surface area contributed by atoms with Gasteiger partial charge in [-0.2, -0.15) is 15.8 Å². The Hall–Kier alpha value is -12.0. The zero-order valence-corrected chi connectivity index (χ0v) is 84.1. The molecule has 138 heavy (non-hydrogen) atoms. The van der Waals surface area contributed by atoms with E-state index >= 15 is 0 Å². The molecule has 0 spiro atoms. The first-order valence-corrected chi connectivity index (χ1v) is 46.7. The van der Waals surface area contributed by atoms with Gasteiger partial charge in [0, 0.05) is 128 Å². The fraction of sp³-hybridized carbons (Fsp3) is 0.281. The van der Waals surface area contributed by atoms with E-state index in [9.17, 15) is 62.1 Å². The van der Waals surface area contributed by atoms with E-state index in [4.69, 9.17) is 160 Å². The van der Waals surface area contributed by atoms with Gasteiger partial charge in [0.05, 0.1) is 141 Å². The van der Waals surface area contributed by atoms with Gasteiger partial charge in [-0.05, 0) is 131 Å². The topological polar surface area (TPSA) is 363 Å². The molecule has 9 aromatic heterocycles. The molecule has 42 heteroatoms. The van der Waals surface area contributed by atoms with Crippen molar-refractivity contribution in [2.24, 2.45) is 0 Å². The second-order valence-electron chi connectivity index (χ2n) is 33.8. The standard InChI is InChI=1S/C32H28Cl5N7O2.2C32H28Cl3F2N7O2/c3*1-6-20(45)43-10-9-42(13-16(43)5)30-17-11-19(33)28(21-22(34)24(36)25(37)26(39)23(21)35)41-31(17)44(32(46)18(30)12-38)29-15(4)7-8-40-27(29)14(2)3/h3*6-8,11,14,16H,1,9-10,13,39H2,2-5H3/t3*16-/m111/s1. The summed E-state index contributed by atoms with van der Waals surface area (Å²) in [6.07, 6.45) is 8.64. The molecule has 0 unspecified atom stereocenters. The van der Waals surface area contributed by atoms with E-state index in [0.29, 0.717) is 99.8 Å². The second kappa shape index (κ2) is 41.2.